The number of hydrogen-bond acceptors (Lipinski definition) is 4. The molecule has 0 N–H and O–H groups in total. The molecule has 0 unspecified atom stereocenters. The Bertz CT molecular complexity index is 908. The summed E-state index contributed by atoms with van der Waals surface area (Å²) in [4.78, 5) is 14.2. The lowest BCUT2D eigenvalue weighted by Crippen LogP contribution is -2.50. The summed E-state index contributed by atoms with van der Waals surface area (Å²) < 4.78 is 44.9. The highest BCUT2D eigenvalue weighted by atomic mass is 32.2. The fourth-order valence-electron chi connectivity index (χ4n) is 3.00. The molecule has 3 rings (SSSR count). The molecule has 1 amide bonds. The summed E-state index contributed by atoms with van der Waals surface area (Å²) in [5.41, 5.74) is 1.52. The lowest BCUT2D eigenvalue weighted by Gasteiger charge is -2.34. The molecule has 1 fully saturated rings. The van der Waals surface area contributed by atoms with E-state index in [2.05, 4.69) is 0 Å². The number of ether oxygens (including phenoxy) is 1. The van der Waals surface area contributed by atoms with Gasteiger partial charge in [-0.15, -0.1) is 0 Å². The Hall–Kier alpha value is -2.29. The van der Waals surface area contributed by atoms with Gasteiger partial charge >= 0.3 is 0 Å². The summed E-state index contributed by atoms with van der Waals surface area (Å²) in [7, 11) is -2.16. The monoisotopic (exact) mass is 392 g/mol. The van der Waals surface area contributed by atoms with Crippen LogP contribution in [0.25, 0.3) is 0 Å². The zero-order chi connectivity index (χ0) is 19.4. The second-order valence-electron chi connectivity index (χ2n) is 6.28. The highest BCUT2D eigenvalue weighted by Gasteiger charge is 2.30. The number of methoxy groups -OCH3 is 1. The van der Waals surface area contributed by atoms with E-state index in [1.165, 1.54) is 22.5 Å². The van der Waals surface area contributed by atoms with Crippen molar-refractivity contribution >= 4 is 15.9 Å². The van der Waals surface area contributed by atoms with Gasteiger partial charge in [0.1, 0.15) is 5.82 Å². The maximum atomic E-state index is 13.4. The SMILES string of the molecule is COCc1ccc(C(=O)N2CCN(S(=O)(=O)c3cccc(F)c3)CC2)cc1. The standard InChI is InChI=1S/C19H21FN2O4S/c1-26-14-15-5-7-16(8-6-15)19(23)21-9-11-22(12-10-21)27(24,25)18-4-2-3-17(20)13-18/h2-8,13H,9-12,14H2,1H3. The Morgan fingerprint density at radius 1 is 1.07 bits per heavy atom. The molecule has 0 aromatic heterocycles. The molecule has 0 bridgehead atoms. The number of carbonyl (C=O) groups is 1. The molecular weight excluding hydrogens is 371 g/mol. The lowest BCUT2D eigenvalue weighted by atomic mass is 10.1. The molecule has 1 saturated heterocycles. The Morgan fingerprint density at radius 3 is 2.33 bits per heavy atom. The predicted molar refractivity (Wildman–Crippen MR) is 98.2 cm³/mol. The number of hydrogen-bond donors (Lipinski definition) is 0. The van der Waals surface area contributed by atoms with Crippen LogP contribution >= 0.6 is 0 Å². The summed E-state index contributed by atoms with van der Waals surface area (Å²) in [6, 6.07) is 12.1. The molecule has 27 heavy (non-hydrogen) atoms. The van der Waals surface area contributed by atoms with Gasteiger partial charge in [-0.05, 0) is 35.9 Å². The van der Waals surface area contributed by atoms with Crippen LogP contribution in [0.2, 0.25) is 0 Å². The minimum Gasteiger partial charge on any atom is -0.380 e. The second-order valence-corrected chi connectivity index (χ2v) is 8.22. The van der Waals surface area contributed by atoms with Gasteiger partial charge in [0.2, 0.25) is 10.0 Å². The largest absolute Gasteiger partial charge is 0.380 e. The number of halogens is 1. The molecule has 0 saturated carbocycles. The van der Waals surface area contributed by atoms with Crippen molar-refractivity contribution < 1.29 is 22.3 Å². The van der Waals surface area contributed by atoms with E-state index in [0.717, 1.165) is 11.6 Å². The summed E-state index contributed by atoms with van der Waals surface area (Å²) >= 11 is 0. The van der Waals surface area contributed by atoms with E-state index in [0.29, 0.717) is 12.2 Å². The summed E-state index contributed by atoms with van der Waals surface area (Å²) in [5.74, 6) is -0.733. The van der Waals surface area contributed by atoms with E-state index < -0.39 is 15.8 Å². The van der Waals surface area contributed by atoms with Gasteiger partial charge in [0, 0.05) is 38.9 Å². The Morgan fingerprint density at radius 2 is 1.74 bits per heavy atom. The number of amides is 1. The molecule has 2 aromatic carbocycles. The minimum absolute atomic E-state index is 0.0731. The zero-order valence-corrected chi connectivity index (χ0v) is 15.8. The number of sulfonamides is 1. The van der Waals surface area contributed by atoms with Crippen molar-refractivity contribution in [3.8, 4) is 0 Å². The van der Waals surface area contributed by atoms with Crippen LogP contribution in [0.4, 0.5) is 4.39 Å². The van der Waals surface area contributed by atoms with E-state index in [1.807, 2.05) is 12.1 Å². The number of carbonyl (C=O) groups excluding carboxylic acids is 1. The van der Waals surface area contributed by atoms with Crippen LogP contribution in [-0.4, -0.2) is 56.8 Å². The first kappa shape index (κ1) is 19.5. The molecule has 1 heterocycles. The molecule has 0 spiro atoms. The van der Waals surface area contributed by atoms with Gasteiger partial charge in [-0.3, -0.25) is 4.79 Å². The topological polar surface area (TPSA) is 66.9 Å². The molecule has 0 radical (unpaired) electrons. The van der Waals surface area contributed by atoms with Crippen molar-refractivity contribution in [2.24, 2.45) is 0 Å². The molecule has 1 aliphatic heterocycles. The van der Waals surface area contributed by atoms with Crippen LogP contribution in [0, 0.1) is 5.82 Å². The number of nitrogens with zero attached hydrogens (tertiary/aromatic N) is 2. The van der Waals surface area contributed by atoms with E-state index in [9.17, 15) is 17.6 Å². The number of rotatable bonds is 5. The van der Waals surface area contributed by atoms with Crippen LogP contribution in [0.5, 0.6) is 0 Å². The molecule has 1 aliphatic rings. The van der Waals surface area contributed by atoms with E-state index >= 15 is 0 Å². The third-order valence-electron chi connectivity index (χ3n) is 4.47. The molecule has 0 aliphatic carbocycles. The summed E-state index contributed by atoms with van der Waals surface area (Å²) in [6.07, 6.45) is 0. The van der Waals surface area contributed by atoms with E-state index in [-0.39, 0.29) is 37.0 Å². The van der Waals surface area contributed by atoms with Crippen LogP contribution in [0.3, 0.4) is 0 Å². The Labute approximate surface area is 158 Å². The van der Waals surface area contributed by atoms with Crippen molar-refractivity contribution in [1.82, 2.24) is 9.21 Å². The summed E-state index contributed by atoms with van der Waals surface area (Å²) in [5, 5.41) is 0. The third kappa shape index (κ3) is 4.35. The van der Waals surface area contributed by atoms with Crippen LogP contribution < -0.4 is 0 Å². The molecule has 6 nitrogen and oxygen atoms in total. The van der Waals surface area contributed by atoms with Gasteiger partial charge in [0.05, 0.1) is 11.5 Å². The smallest absolute Gasteiger partial charge is 0.253 e. The quantitative estimate of drug-likeness (QED) is 0.782. The highest BCUT2D eigenvalue weighted by Crippen LogP contribution is 2.19. The van der Waals surface area contributed by atoms with Gasteiger partial charge in [0.15, 0.2) is 0 Å². The maximum absolute atomic E-state index is 13.4. The van der Waals surface area contributed by atoms with Gasteiger partial charge < -0.3 is 9.64 Å². The van der Waals surface area contributed by atoms with Gasteiger partial charge in [-0.1, -0.05) is 18.2 Å². The van der Waals surface area contributed by atoms with Crippen molar-refractivity contribution in [3.63, 3.8) is 0 Å². The van der Waals surface area contributed by atoms with Gasteiger partial charge in [-0.25, -0.2) is 12.8 Å². The predicted octanol–water partition coefficient (Wildman–Crippen LogP) is 2.12. The number of piperazine rings is 1. The van der Waals surface area contributed by atoms with Crippen molar-refractivity contribution in [2.75, 3.05) is 33.3 Å². The molecule has 144 valence electrons. The highest BCUT2D eigenvalue weighted by molar-refractivity contribution is 7.89. The minimum atomic E-state index is -3.77. The summed E-state index contributed by atoms with van der Waals surface area (Å²) in [6.45, 7) is 1.39. The van der Waals surface area contributed by atoms with Crippen LogP contribution in [0.15, 0.2) is 53.4 Å². The molecule has 8 heteroatoms. The lowest BCUT2D eigenvalue weighted by molar-refractivity contribution is 0.0698. The van der Waals surface area contributed by atoms with Crippen molar-refractivity contribution in [1.29, 1.82) is 0 Å². The average Bonchev–Trinajstić information content (AvgIpc) is 2.68. The zero-order valence-electron chi connectivity index (χ0n) is 15.0. The fourth-order valence-corrected chi connectivity index (χ4v) is 4.46. The number of benzene rings is 2. The van der Waals surface area contributed by atoms with Crippen molar-refractivity contribution in [2.45, 2.75) is 11.5 Å². The van der Waals surface area contributed by atoms with E-state index in [4.69, 9.17) is 4.74 Å². The Kier molecular flexibility index (Phi) is 5.88. The van der Waals surface area contributed by atoms with Gasteiger partial charge in [0.25, 0.3) is 5.91 Å². The van der Waals surface area contributed by atoms with Crippen LogP contribution in [-0.2, 0) is 21.4 Å². The molecule has 2 aromatic rings. The first-order chi connectivity index (χ1) is 12.9. The third-order valence-corrected chi connectivity index (χ3v) is 6.37. The van der Waals surface area contributed by atoms with E-state index in [1.54, 1.807) is 24.1 Å². The first-order valence-electron chi connectivity index (χ1n) is 8.54. The van der Waals surface area contributed by atoms with Crippen molar-refractivity contribution in [3.05, 3.63) is 65.5 Å². The second kappa shape index (κ2) is 8.16. The fraction of sp³-hybridized carbons (Fsp3) is 0.316. The van der Waals surface area contributed by atoms with Crippen LogP contribution in [0.1, 0.15) is 15.9 Å². The Balaban J connectivity index is 1.65. The first-order valence-corrected chi connectivity index (χ1v) is 9.98. The van der Waals surface area contributed by atoms with Gasteiger partial charge in [-0.2, -0.15) is 4.31 Å². The molecular formula is C19H21FN2O4S. The average molecular weight is 392 g/mol. The normalized spacial score (nSPS) is 15.7. The molecule has 0 atom stereocenters. The maximum Gasteiger partial charge on any atom is 0.253 e.